The first kappa shape index (κ1) is 12.4. The summed E-state index contributed by atoms with van der Waals surface area (Å²) >= 11 is 0. The zero-order valence-corrected chi connectivity index (χ0v) is 11.6. The number of aromatic nitrogens is 3. The number of anilines is 1. The molecule has 1 aliphatic heterocycles. The SMILES string of the molecule is CNCC1CCN(c2nccn3nc(C)cc23)CC1. The first-order valence-electron chi connectivity index (χ1n) is 6.98. The van der Waals surface area contributed by atoms with E-state index in [0.29, 0.717) is 0 Å². The van der Waals surface area contributed by atoms with Gasteiger partial charge in [0.25, 0.3) is 0 Å². The molecule has 1 fully saturated rings. The van der Waals surface area contributed by atoms with Crippen LogP contribution in [-0.2, 0) is 0 Å². The van der Waals surface area contributed by atoms with E-state index in [9.17, 15) is 0 Å². The number of hydrogen-bond acceptors (Lipinski definition) is 4. The fourth-order valence-electron chi connectivity index (χ4n) is 2.91. The van der Waals surface area contributed by atoms with Crippen LogP contribution in [0.5, 0.6) is 0 Å². The van der Waals surface area contributed by atoms with Crippen LogP contribution in [-0.4, -0.2) is 41.3 Å². The van der Waals surface area contributed by atoms with Gasteiger partial charge in [-0.1, -0.05) is 0 Å². The second-order valence-corrected chi connectivity index (χ2v) is 5.35. The van der Waals surface area contributed by atoms with Gasteiger partial charge in [0.1, 0.15) is 5.52 Å². The average Bonchev–Trinajstić information content (AvgIpc) is 2.80. The highest BCUT2D eigenvalue weighted by atomic mass is 15.3. The van der Waals surface area contributed by atoms with Crippen molar-refractivity contribution in [3.63, 3.8) is 0 Å². The topological polar surface area (TPSA) is 45.5 Å². The van der Waals surface area contributed by atoms with Crippen LogP contribution >= 0.6 is 0 Å². The van der Waals surface area contributed by atoms with Crippen molar-refractivity contribution in [3.8, 4) is 0 Å². The lowest BCUT2D eigenvalue weighted by Crippen LogP contribution is -2.37. The van der Waals surface area contributed by atoms with Gasteiger partial charge >= 0.3 is 0 Å². The predicted molar refractivity (Wildman–Crippen MR) is 76.6 cm³/mol. The largest absolute Gasteiger partial charge is 0.355 e. The van der Waals surface area contributed by atoms with E-state index >= 15 is 0 Å². The molecule has 0 amide bonds. The van der Waals surface area contributed by atoms with Gasteiger partial charge in [-0.15, -0.1) is 0 Å². The Morgan fingerprint density at radius 1 is 1.37 bits per heavy atom. The Balaban J connectivity index is 1.81. The van der Waals surface area contributed by atoms with E-state index in [2.05, 4.69) is 26.4 Å². The lowest BCUT2D eigenvalue weighted by molar-refractivity contribution is 0.392. The van der Waals surface area contributed by atoms with Gasteiger partial charge in [-0.25, -0.2) is 9.50 Å². The van der Waals surface area contributed by atoms with Gasteiger partial charge in [-0.05, 0) is 45.3 Å². The highest BCUT2D eigenvalue weighted by molar-refractivity contribution is 5.69. The number of nitrogens with zero attached hydrogens (tertiary/aromatic N) is 4. The summed E-state index contributed by atoms with van der Waals surface area (Å²) in [4.78, 5) is 6.96. The van der Waals surface area contributed by atoms with Crippen molar-refractivity contribution in [2.24, 2.45) is 5.92 Å². The molecule has 3 rings (SSSR count). The molecule has 1 N–H and O–H groups in total. The van der Waals surface area contributed by atoms with Crippen molar-refractivity contribution < 1.29 is 0 Å². The minimum absolute atomic E-state index is 0.799. The highest BCUT2D eigenvalue weighted by Crippen LogP contribution is 2.25. The number of aryl methyl sites for hydroxylation is 1. The van der Waals surface area contributed by atoms with E-state index < -0.39 is 0 Å². The molecule has 2 aromatic rings. The van der Waals surface area contributed by atoms with Gasteiger partial charge < -0.3 is 10.2 Å². The summed E-state index contributed by atoms with van der Waals surface area (Å²) < 4.78 is 1.93. The van der Waals surface area contributed by atoms with Gasteiger partial charge in [0.2, 0.25) is 0 Å². The smallest absolute Gasteiger partial charge is 0.154 e. The highest BCUT2D eigenvalue weighted by Gasteiger charge is 2.21. The van der Waals surface area contributed by atoms with Gasteiger partial charge in [-0.2, -0.15) is 5.10 Å². The van der Waals surface area contributed by atoms with Crippen LogP contribution < -0.4 is 10.2 Å². The monoisotopic (exact) mass is 259 g/mol. The minimum atomic E-state index is 0.799. The quantitative estimate of drug-likeness (QED) is 0.907. The average molecular weight is 259 g/mol. The minimum Gasteiger partial charge on any atom is -0.355 e. The van der Waals surface area contributed by atoms with E-state index in [0.717, 1.165) is 42.6 Å². The Kier molecular flexibility index (Phi) is 3.38. The fourth-order valence-corrected chi connectivity index (χ4v) is 2.91. The second kappa shape index (κ2) is 5.17. The molecule has 0 saturated carbocycles. The van der Waals surface area contributed by atoms with Crippen LogP contribution in [0, 0.1) is 12.8 Å². The van der Waals surface area contributed by atoms with Crippen LogP contribution in [0.15, 0.2) is 18.5 Å². The van der Waals surface area contributed by atoms with E-state index in [1.54, 1.807) is 0 Å². The fraction of sp³-hybridized carbons (Fsp3) is 0.571. The van der Waals surface area contributed by atoms with Crippen molar-refractivity contribution >= 4 is 11.3 Å². The zero-order chi connectivity index (χ0) is 13.2. The molecule has 0 bridgehead atoms. The van der Waals surface area contributed by atoms with Gasteiger partial charge in [0.15, 0.2) is 5.82 Å². The summed E-state index contributed by atoms with van der Waals surface area (Å²) in [5, 5.41) is 7.73. The molecule has 1 aliphatic rings. The van der Waals surface area contributed by atoms with Crippen molar-refractivity contribution in [2.75, 3.05) is 31.6 Å². The summed E-state index contributed by atoms with van der Waals surface area (Å²) in [6.07, 6.45) is 6.22. The summed E-state index contributed by atoms with van der Waals surface area (Å²) in [6, 6.07) is 2.11. The summed E-state index contributed by atoms with van der Waals surface area (Å²) in [5.41, 5.74) is 2.16. The number of fused-ring (bicyclic) bond motifs is 1. The molecular formula is C14H21N5. The van der Waals surface area contributed by atoms with Crippen molar-refractivity contribution in [1.82, 2.24) is 19.9 Å². The number of piperidine rings is 1. The third-order valence-electron chi connectivity index (χ3n) is 3.90. The Morgan fingerprint density at radius 2 is 2.16 bits per heavy atom. The van der Waals surface area contributed by atoms with E-state index in [-0.39, 0.29) is 0 Å². The number of hydrogen-bond donors (Lipinski definition) is 1. The normalized spacial score (nSPS) is 17.3. The summed E-state index contributed by atoms with van der Waals surface area (Å²) in [5.74, 6) is 1.87. The van der Waals surface area contributed by atoms with E-state index in [1.165, 1.54) is 12.8 Å². The van der Waals surface area contributed by atoms with Crippen molar-refractivity contribution in [2.45, 2.75) is 19.8 Å². The maximum Gasteiger partial charge on any atom is 0.154 e. The molecule has 0 aromatic carbocycles. The first-order valence-corrected chi connectivity index (χ1v) is 6.98. The first-order chi connectivity index (χ1) is 9.28. The number of nitrogens with one attached hydrogen (secondary N) is 1. The Hall–Kier alpha value is -1.62. The standard InChI is InChI=1S/C14H21N5/c1-11-9-13-14(16-5-8-19(13)17-11)18-6-3-12(4-7-18)10-15-2/h5,8-9,12,15H,3-4,6-7,10H2,1-2H3. The molecule has 2 aromatic heterocycles. The summed E-state index contributed by atoms with van der Waals surface area (Å²) in [6.45, 7) is 5.32. The molecular weight excluding hydrogens is 238 g/mol. The molecule has 0 spiro atoms. The van der Waals surface area contributed by atoms with Gasteiger partial charge in [-0.3, -0.25) is 0 Å². The van der Waals surface area contributed by atoms with Crippen LogP contribution in [0.2, 0.25) is 0 Å². The molecule has 0 radical (unpaired) electrons. The molecule has 3 heterocycles. The molecule has 102 valence electrons. The van der Waals surface area contributed by atoms with Crippen LogP contribution in [0.3, 0.4) is 0 Å². The van der Waals surface area contributed by atoms with Crippen LogP contribution in [0.4, 0.5) is 5.82 Å². The maximum atomic E-state index is 4.56. The molecule has 5 heteroatoms. The maximum absolute atomic E-state index is 4.56. The summed E-state index contributed by atoms with van der Waals surface area (Å²) in [7, 11) is 2.03. The predicted octanol–water partition coefficient (Wildman–Crippen LogP) is 1.47. The van der Waals surface area contributed by atoms with Crippen LogP contribution in [0.25, 0.3) is 5.52 Å². The Bertz CT molecular complexity index is 554. The molecule has 19 heavy (non-hydrogen) atoms. The van der Waals surface area contributed by atoms with Crippen molar-refractivity contribution in [3.05, 3.63) is 24.2 Å². The molecule has 0 unspecified atom stereocenters. The molecule has 1 saturated heterocycles. The molecule has 5 nitrogen and oxygen atoms in total. The van der Waals surface area contributed by atoms with Crippen molar-refractivity contribution in [1.29, 1.82) is 0 Å². The molecule has 0 aliphatic carbocycles. The Morgan fingerprint density at radius 3 is 2.89 bits per heavy atom. The van der Waals surface area contributed by atoms with Crippen LogP contribution in [0.1, 0.15) is 18.5 Å². The number of rotatable bonds is 3. The molecule has 0 atom stereocenters. The second-order valence-electron chi connectivity index (χ2n) is 5.35. The lowest BCUT2D eigenvalue weighted by atomic mass is 9.97. The van der Waals surface area contributed by atoms with E-state index in [1.807, 2.05) is 30.9 Å². The lowest BCUT2D eigenvalue weighted by Gasteiger charge is -2.32. The third-order valence-corrected chi connectivity index (χ3v) is 3.90. The third kappa shape index (κ3) is 2.42. The van der Waals surface area contributed by atoms with Gasteiger partial charge in [0.05, 0.1) is 5.69 Å². The van der Waals surface area contributed by atoms with Gasteiger partial charge in [0, 0.05) is 25.5 Å². The Labute approximate surface area is 113 Å². The van der Waals surface area contributed by atoms with E-state index in [4.69, 9.17) is 0 Å². The zero-order valence-electron chi connectivity index (χ0n) is 11.6.